The molecule has 0 rings (SSSR count). The van der Waals surface area contributed by atoms with E-state index < -0.39 is 0 Å². The Morgan fingerprint density at radius 2 is 1.67 bits per heavy atom. The molecule has 0 aromatic carbocycles. The summed E-state index contributed by atoms with van der Waals surface area (Å²) in [5.41, 5.74) is 0. The van der Waals surface area contributed by atoms with Gasteiger partial charge < -0.3 is 7.85 Å². The molecule has 0 aliphatic rings. The molecule has 0 amide bonds. The van der Waals surface area contributed by atoms with Crippen molar-refractivity contribution in [1.29, 1.82) is 0 Å². The van der Waals surface area contributed by atoms with Gasteiger partial charge in [-0.1, -0.05) is 0 Å². The van der Waals surface area contributed by atoms with Gasteiger partial charge in [0.15, 0.2) is 0 Å². The SMILES string of the molecule is [C-]#CC#C.[H-].[Li+].[Li+]. The van der Waals surface area contributed by atoms with E-state index in [2.05, 4.69) is 6.42 Å². The van der Waals surface area contributed by atoms with Crippen LogP contribution in [-0.4, -0.2) is 0 Å². The molecule has 0 radical (unpaired) electrons. The normalized spacial score (nSPS) is 1.67. The molecule has 0 saturated heterocycles. The summed E-state index contributed by atoms with van der Waals surface area (Å²) in [5, 5.41) is 0. The van der Waals surface area contributed by atoms with Crippen LogP contribution in [0.4, 0.5) is 0 Å². The summed E-state index contributed by atoms with van der Waals surface area (Å²) in [5.74, 6) is 3.56. The number of terminal acetylenes is 1. The first-order chi connectivity index (χ1) is 1.91. The Morgan fingerprint density at radius 3 is 1.67 bits per heavy atom. The predicted molar refractivity (Wildman–Crippen MR) is 17.1 cm³/mol. The van der Waals surface area contributed by atoms with Gasteiger partial charge in [0, 0.05) is 0 Å². The van der Waals surface area contributed by atoms with E-state index in [-0.39, 0.29) is 39.1 Å². The van der Waals surface area contributed by atoms with Crippen LogP contribution in [0.25, 0.3) is 0 Å². The molecule has 0 unspecified atom stereocenters. The van der Waals surface area contributed by atoms with Gasteiger partial charge in [-0.25, -0.2) is 6.42 Å². The largest absolute Gasteiger partial charge is 1.00 e. The molecule has 0 heterocycles. The first kappa shape index (κ1) is 16.2. The zero-order valence-corrected chi connectivity index (χ0v) is 4.08. The number of hydrogen-bond donors (Lipinski definition) is 0. The summed E-state index contributed by atoms with van der Waals surface area (Å²) in [6, 6.07) is 0. The summed E-state index contributed by atoms with van der Waals surface area (Å²) >= 11 is 0. The number of rotatable bonds is 0. The molecule has 0 aromatic heterocycles. The molecule has 0 atom stereocenters. The average Bonchev–Trinajstić information content (AvgIpc) is 1.37. The molecule has 0 bridgehead atoms. The van der Waals surface area contributed by atoms with E-state index in [1.54, 1.807) is 5.92 Å². The minimum absolute atomic E-state index is 0. The molecule has 0 aliphatic heterocycles. The molecule has 0 nitrogen and oxygen atoms in total. The Kier molecular flexibility index (Phi) is 50.0. The smallest absolute Gasteiger partial charge is 1.00 e. The van der Waals surface area contributed by atoms with E-state index in [1.165, 1.54) is 0 Å². The van der Waals surface area contributed by atoms with Crippen molar-refractivity contribution in [2.45, 2.75) is 0 Å². The Morgan fingerprint density at radius 1 is 1.50 bits per heavy atom. The van der Waals surface area contributed by atoms with E-state index in [0.717, 1.165) is 0 Å². The van der Waals surface area contributed by atoms with Crippen molar-refractivity contribution < 1.29 is 39.1 Å². The topological polar surface area (TPSA) is 0 Å². The van der Waals surface area contributed by atoms with E-state index in [0.29, 0.717) is 0 Å². The Hall–Kier alpha value is 0.315. The third-order valence-electron chi connectivity index (χ3n) is 0.0722. The second-order valence-electron chi connectivity index (χ2n) is 0.269. The van der Waals surface area contributed by atoms with Crippen molar-refractivity contribution in [2.75, 3.05) is 0 Å². The fourth-order valence-corrected chi connectivity index (χ4v) is 0. The van der Waals surface area contributed by atoms with Crippen LogP contribution in [0.15, 0.2) is 0 Å². The van der Waals surface area contributed by atoms with Gasteiger partial charge in [-0.2, -0.15) is 0 Å². The van der Waals surface area contributed by atoms with Crippen molar-refractivity contribution in [3.8, 4) is 18.3 Å². The van der Waals surface area contributed by atoms with Crippen LogP contribution < -0.4 is 37.7 Å². The molecule has 0 fully saturated rings. The molecule has 0 aliphatic carbocycles. The maximum atomic E-state index is 5.97. The zero-order chi connectivity index (χ0) is 3.41. The Bertz CT molecular complexity index is 64.7. The van der Waals surface area contributed by atoms with Crippen LogP contribution in [0.3, 0.4) is 0 Å². The molecule has 20 valence electrons. The fourth-order valence-electron chi connectivity index (χ4n) is 0. The minimum Gasteiger partial charge on any atom is -1.00 e. The predicted octanol–water partition coefficient (Wildman–Crippen LogP) is -5.67. The van der Waals surface area contributed by atoms with Gasteiger partial charge in [-0.3, -0.25) is 11.8 Å². The molecule has 0 saturated carbocycles. The molecule has 6 heavy (non-hydrogen) atoms. The van der Waals surface area contributed by atoms with Crippen LogP contribution in [0.2, 0.25) is 0 Å². The van der Waals surface area contributed by atoms with E-state index in [1.807, 2.05) is 5.92 Å². The van der Waals surface area contributed by atoms with Crippen LogP contribution in [0, 0.1) is 24.7 Å². The second kappa shape index (κ2) is 18.5. The van der Waals surface area contributed by atoms with Gasteiger partial charge >= 0.3 is 37.7 Å². The molecular weight excluding hydrogens is 61.9 g/mol. The maximum Gasteiger partial charge on any atom is 1.00 e. The summed E-state index contributed by atoms with van der Waals surface area (Å²) in [7, 11) is 0. The minimum atomic E-state index is 0. The van der Waals surface area contributed by atoms with Gasteiger partial charge in [-0.05, 0) is 0 Å². The summed E-state index contributed by atoms with van der Waals surface area (Å²) < 4.78 is 0. The Labute approximate surface area is 63.9 Å². The molecular formula is C4H2Li2. The van der Waals surface area contributed by atoms with E-state index in [4.69, 9.17) is 6.42 Å². The van der Waals surface area contributed by atoms with Crippen molar-refractivity contribution in [3.05, 3.63) is 6.42 Å². The van der Waals surface area contributed by atoms with Crippen molar-refractivity contribution in [3.63, 3.8) is 0 Å². The van der Waals surface area contributed by atoms with Gasteiger partial charge in [0.25, 0.3) is 0 Å². The summed E-state index contributed by atoms with van der Waals surface area (Å²) in [6.45, 7) is 0. The first-order valence-corrected chi connectivity index (χ1v) is 0.789. The summed E-state index contributed by atoms with van der Waals surface area (Å²) in [6.07, 6.45) is 10.4. The fraction of sp³-hybridized carbons (Fsp3) is 0. The summed E-state index contributed by atoms with van der Waals surface area (Å²) in [4.78, 5) is 0. The monoisotopic (exact) mass is 64.0 g/mol. The molecule has 0 spiro atoms. The van der Waals surface area contributed by atoms with Crippen LogP contribution in [-0.2, 0) is 0 Å². The van der Waals surface area contributed by atoms with Gasteiger partial charge in [0.05, 0.1) is 0 Å². The Balaban J connectivity index is -0.0000000150. The maximum absolute atomic E-state index is 5.97. The molecule has 2 heteroatoms. The zero-order valence-electron chi connectivity index (χ0n) is 5.08. The third kappa shape index (κ3) is 27.4. The first-order valence-electron chi connectivity index (χ1n) is 0.789. The van der Waals surface area contributed by atoms with E-state index >= 15 is 0 Å². The van der Waals surface area contributed by atoms with Crippen molar-refractivity contribution in [1.82, 2.24) is 0 Å². The van der Waals surface area contributed by atoms with E-state index in [9.17, 15) is 0 Å². The van der Waals surface area contributed by atoms with Crippen molar-refractivity contribution >= 4 is 0 Å². The van der Waals surface area contributed by atoms with Gasteiger partial charge in [0.2, 0.25) is 0 Å². The standard InChI is InChI=1S/C4H.2Li.H/c1-3-4-2;;;/h1H;;;/q-1;2*+1;-1. The number of hydrogen-bond acceptors (Lipinski definition) is 0. The molecule has 0 aromatic rings. The van der Waals surface area contributed by atoms with Gasteiger partial charge in [-0.15, -0.1) is 0 Å². The van der Waals surface area contributed by atoms with Crippen LogP contribution >= 0.6 is 0 Å². The van der Waals surface area contributed by atoms with Crippen molar-refractivity contribution in [2.24, 2.45) is 0 Å². The van der Waals surface area contributed by atoms with Crippen LogP contribution in [0.5, 0.6) is 0 Å². The third-order valence-corrected chi connectivity index (χ3v) is 0.0722. The average molecular weight is 63.9 g/mol. The molecule has 0 N–H and O–H groups in total. The van der Waals surface area contributed by atoms with Gasteiger partial charge in [0.1, 0.15) is 0 Å². The van der Waals surface area contributed by atoms with Crippen LogP contribution in [0.1, 0.15) is 1.43 Å². The quantitative estimate of drug-likeness (QED) is 0.150. The second-order valence-corrected chi connectivity index (χ2v) is 0.269.